The Kier molecular flexibility index (Phi) is 7.02. The number of alkyl halides is 6. The first-order valence-electron chi connectivity index (χ1n) is 10.7. The van der Waals surface area contributed by atoms with Crippen molar-refractivity contribution >= 4 is 23.2 Å². The summed E-state index contributed by atoms with van der Waals surface area (Å²) in [5.74, 6) is -2.25. The van der Waals surface area contributed by atoms with Crippen molar-refractivity contribution in [3.05, 3.63) is 83.9 Å². The first kappa shape index (κ1) is 26.9. The van der Waals surface area contributed by atoms with Crippen molar-refractivity contribution in [3.63, 3.8) is 0 Å². The summed E-state index contributed by atoms with van der Waals surface area (Å²) >= 11 is 1.52. The molecule has 0 saturated carbocycles. The van der Waals surface area contributed by atoms with Crippen LogP contribution in [0.3, 0.4) is 0 Å². The topological polar surface area (TPSA) is 35.8 Å². The maximum absolute atomic E-state index is 14.6. The molecule has 0 saturated heterocycles. The van der Waals surface area contributed by atoms with Gasteiger partial charge in [0.1, 0.15) is 5.82 Å². The van der Waals surface area contributed by atoms with Crippen molar-refractivity contribution in [3.8, 4) is 11.1 Å². The summed E-state index contributed by atoms with van der Waals surface area (Å²) in [6.45, 7) is 0. The van der Waals surface area contributed by atoms with Crippen LogP contribution in [0.15, 0.2) is 76.7 Å². The lowest BCUT2D eigenvalue weighted by atomic mass is 9.89. The second kappa shape index (κ2) is 9.64. The van der Waals surface area contributed by atoms with E-state index in [0.717, 1.165) is 28.2 Å². The van der Waals surface area contributed by atoms with E-state index in [4.69, 9.17) is 0 Å². The molecule has 0 aliphatic carbocycles. The van der Waals surface area contributed by atoms with Gasteiger partial charge < -0.3 is 5.11 Å². The van der Waals surface area contributed by atoms with E-state index in [2.05, 4.69) is 5.10 Å². The zero-order valence-corrected chi connectivity index (χ0v) is 19.7. The Labute approximate surface area is 210 Å². The minimum absolute atomic E-state index is 0.207. The van der Waals surface area contributed by atoms with Crippen molar-refractivity contribution in [1.29, 1.82) is 0 Å². The molecule has 3 nitrogen and oxygen atoms in total. The number of hydrogen-bond acceptors (Lipinski definition) is 4. The molecular weight excluding hydrogens is 528 g/mol. The van der Waals surface area contributed by atoms with Crippen LogP contribution in [0.1, 0.15) is 18.0 Å². The summed E-state index contributed by atoms with van der Waals surface area (Å²) < 4.78 is 109. The lowest BCUT2D eigenvalue weighted by Gasteiger charge is -2.32. The number of hydrogen-bond donors (Lipinski definition) is 1. The van der Waals surface area contributed by atoms with Crippen molar-refractivity contribution in [2.75, 3.05) is 11.3 Å². The van der Waals surface area contributed by atoms with E-state index in [1.165, 1.54) is 23.9 Å². The number of hydrazone groups is 1. The van der Waals surface area contributed by atoms with Gasteiger partial charge in [-0.15, -0.1) is 11.8 Å². The molecule has 1 atom stereocenters. The highest BCUT2D eigenvalue weighted by molar-refractivity contribution is 7.98. The molecule has 1 aliphatic heterocycles. The highest BCUT2D eigenvalue weighted by atomic mass is 32.2. The van der Waals surface area contributed by atoms with Gasteiger partial charge in [-0.25, -0.2) is 8.78 Å². The largest absolute Gasteiger partial charge is 0.431 e. The van der Waals surface area contributed by atoms with Crippen LogP contribution in [0.5, 0.6) is 0 Å². The summed E-state index contributed by atoms with van der Waals surface area (Å²) in [6.07, 6.45) is -11.4. The molecule has 1 N–H and O–H groups in total. The maximum Gasteiger partial charge on any atom is 0.431 e. The highest BCUT2D eigenvalue weighted by Gasteiger charge is 2.74. The molecule has 0 spiro atoms. The van der Waals surface area contributed by atoms with E-state index < -0.39 is 53.4 Å². The van der Waals surface area contributed by atoms with Gasteiger partial charge in [-0.3, -0.25) is 5.01 Å². The van der Waals surface area contributed by atoms with Gasteiger partial charge in [0.15, 0.2) is 5.82 Å². The van der Waals surface area contributed by atoms with Gasteiger partial charge in [0.25, 0.3) is 5.60 Å². The Bertz CT molecular complexity index is 1310. The SMILES string of the molecule is CSc1cccc(-c2ccc(C3CC(C(O)(C(F)(F)F)C(F)(F)F)=NN3c3ccc(F)cc3F)cc2)c1. The van der Waals surface area contributed by atoms with Crippen LogP contribution in [-0.4, -0.2) is 35.0 Å². The van der Waals surface area contributed by atoms with E-state index in [1.54, 1.807) is 12.1 Å². The summed E-state index contributed by atoms with van der Waals surface area (Å²) in [4.78, 5) is 0.979. The van der Waals surface area contributed by atoms with Crippen LogP contribution in [0, 0.1) is 11.6 Å². The van der Waals surface area contributed by atoms with E-state index in [0.29, 0.717) is 11.1 Å². The van der Waals surface area contributed by atoms with Crippen molar-refractivity contribution in [2.45, 2.75) is 35.3 Å². The quantitative estimate of drug-likeness (QED) is 0.266. The van der Waals surface area contributed by atoms with E-state index in [9.17, 15) is 40.2 Å². The zero-order chi connectivity index (χ0) is 27.2. The third-order valence-corrected chi connectivity index (χ3v) is 6.73. The van der Waals surface area contributed by atoms with Crippen LogP contribution in [0.4, 0.5) is 40.8 Å². The van der Waals surface area contributed by atoms with Crippen LogP contribution in [0.25, 0.3) is 11.1 Å². The standard InChI is InChI=1S/C25H18F8N2OS/c1-37-18-4-2-3-16(11-18)14-5-7-15(8-6-14)21-13-22(23(36,24(28,29)30)25(31,32)33)34-35(21)20-10-9-17(26)12-19(20)27/h2-12,21,36H,13H2,1H3. The second-order valence-electron chi connectivity index (χ2n) is 8.27. The molecule has 37 heavy (non-hydrogen) atoms. The fraction of sp³-hybridized carbons (Fsp3) is 0.240. The number of aliphatic hydroxyl groups is 1. The number of thioether (sulfide) groups is 1. The average molecular weight is 546 g/mol. The number of rotatable bonds is 5. The van der Waals surface area contributed by atoms with Crippen LogP contribution >= 0.6 is 11.8 Å². The van der Waals surface area contributed by atoms with Gasteiger partial charge in [0.05, 0.1) is 17.4 Å². The predicted octanol–water partition coefficient (Wildman–Crippen LogP) is 7.52. The van der Waals surface area contributed by atoms with E-state index >= 15 is 0 Å². The fourth-order valence-corrected chi connectivity index (χ4v) is 4.53. The molecular formula is C25H18F8N2OS. The van der Waals surface area contributed by atoms with Gasteiger partial charge in [-0.2, -0.15) is 31.4 Å². The third kappa shape index (κ3) is 4.91. The number of nitrogens with zero attached hydrogens (tertiary/aromatic N) is 2. The van der Waals surface area contributed by atoms with E-state index in [-0.39, 0.29) is 5.56 Å². The summed E-state index contributed by atoms with van der Waals surface area (Å²) in [6, 6.07) is 14.4. The molecule has 1 heterocycles. The predicted molar refractivity (Wildman–Crippen MR) is 124 cm³/mol. The van der Waals surface area contributed by atoms with Crippen molar-refractivity contribution in [2.24, 2.45) is 5.10 Å². The molecule has 3 aromatic carbocycles. The van der Waals surface area contributed by atoms with Gasteiger partial charge in [-0.05, 0) is 47.2 Å². The molecule has 1 unspecified atom stereocenters. The van der Waals surface area contributed by atoms with Crippen molar-refractivity contribution in [1.82, 2.24) is 0 Å². The molecule has 196 valence electrons. The Balaban J connectivity index is 1.79. The van der Waals surface area contributed by atoms with E-state index in [1.807, 2.05) is 30.5 Å². The van der Waals surface area contributed by atoms with Gasteiger partial charge in [-0.1, -0.05) is 36.4 Å². The van der Waals surface area contributed by atoms with Crippen molar-refractivity contribution < 1.29 is 40.2 Å². The average Bonchev–Trinajstić information content (AvgIpc) is 3.27. The number of halogens is 8. The van der Waals surface area contributed by atoms with Crippen LogP contribution < -0.4 is 5.01 Å². The van der Waals surface area contributed by atoms with Crippen LogP contribution in [-0.2, 0) is 0 Å². The molecule has 0 radical (unpaired) electrons. The molecule has 4 rings (SSSR count). The molecule has 0 fully saturated rings. The Morgan fingerprint density at radius 2 is 1.51 bits per heavy atom. The monoisotopic (exact) mass is 546 g/mol. The Morgan fingerprint density at radius 1 is 0.865 bits per heavy atom. The second-order valence-corrected chi connectivity index (χ2v) is 9.15. The molecule has 1 aliphatic rings. The normalized spacial score (nSPS) is 16.8. The zero-order valence-electron chi connectivity index (χ0n) is 18.9. The van der Waals surface area contributed by atoms with Gasteiger partial charge in [0, 0.05) is 17.4 Å². The van der Waals surface area contributed by atoms with Gasteiger partial charge in [0.2, 0.25) is 0 Å². The maximum atomic E-state index is 14.6. The molecule has 3 aromatic rings. The number of anilines is 1. The molecule has 0 amide bonds. The smallest absolute Gasteiger partial charge is 0.369 e. The lowest BCUT2D eigenvalue weighted by Crippen LogP contribution is -2.62. The highest BCUT2D eigenvalue weighted by Crippen LogP contribution is 2.49. The molecule has 12 heteroatoms. The minimum atomic E-state index is -6.15. The summed E-state index contributed by atoms with van der Waals surface area (Å²) in [7, 11) is 0. The minimum Gasteiger partial charge on any atom is -0.369 e. The third-order valence-electron chi connectivity index (χ3n) is 6.00. The summed E-state index contributed by atoms with van der Waals surface area (Å²) in [5, 5.41) is 13.9. The fourth-order valence-electron chi connectivity index (χ4n) is 4.07. The van der Waals surface area contributed by atoms with Gasteiger partial charge >= 0.3 is 12.4 Å². The lowest BCUT2D eigenvalue weighted by molar-refractivity contribution is -0.338. The first-order chi connectivity index (χ1) is 17.3. The molecule has 0 aromatic heterocycles. The Morgan fingerprint density at radius 3 is 2.08 bits per heavy atom. The first-order valence-corrected chi connectivity index (χ1v) is 11.9. The van der Waals surface area contributed by atoms with Crippen LogP contribution in [0.2, 0.25) is 0 Å². The molecule has 0 bridgehead atoms. The Hall–Kier alpha value is -3.12. The number of benzene rings is 3. The summed E-state index contributed by atoms with van der Waals surface area (Å²) in [5.41, 5.74) is -5.71.